The van der Waals surface area contributed by atoms with Gasteiger partial charge in [0.2, 0.25) is 0 Å². The first-order chi connectivity index (χ1) is 12.4. The van der Waals surface area contributed by atoms with Crippen molar-refractivity contribution in [1.82, 2.24) is 10.3 Å². The molecule has 6 nitrogen and oxygen atoms in total. The van der Waals surface area contributed by atoms with Gasteiger partial charge in [0, 0.05) is 17.8 Å². The Labute approximate surface area is 152 Å². The molecule has 0 bridgehead atoms. The fourth-order valence-electron chi connectivity index (χ4n) is 2.73. The van der Waals surface area contributed by atoms with Crippen LogP contribution in [-0.2, 0) is 9.84 Å². The highest BCUT2D eigenvalue weighted by molar-refractivity contribution is 7.90. The number of pyridine rings is 1. The number of hydrogen-bond donors (Lipinski definition) is 2. The Bertz CT molecular complexity index is 1020. The zero-order valence-corrected chi connectivity index (χ0v) is 15.0. The fourth-order valence-corrected chi connectivity index (χ4v) is 3.61. The first-order valence-electron chi connectivity index (χ1n) is 8.06. The summed E-state index contributed by atoms with van der Waals surface area (Å²) in [6.45, 7) is 0. The van der Waals surface area contributed by atoms with E-state index < -0.39 is 21.9 Å². The minimum absolute atomic E-state index is 0.182. The van der Waals surface area contributed by atoms with Crippen LogP contribution in [0.4, 0.5) is 10.5 Å². The Morgan fingerprint density at radius 1 is 1.04 bits per heavy atom. The third-order valence-corrected chi connectivity index (χ3v) is 4.80. The van der Waals surface area contributed by atoms with Crippen LogP contribution in [0.1, 0.15) is 11.6 Å². The van der Waals surface area contributed by atoms with Crippen LogP contribution in [-0.4, -0.2) is 31.4 Å². The molecule has 0 aliphatic carbocycles. The van der Waals surface area contributed by atoms with E-state index in [0.29, 0.717) is 11.2 Å². The van der Waals surface area contributed by atoms with Gasteiger partial charge in [-0.25, -0.2) is 13.2 Å². The summed E-state index contributed by atoms with van der Waals surface area (Å²) in [5.41, 5.74) is 1.96. The summed E-state index contributed by atoms with van der Waals surface area (Å²) in [5, 5.41) is 6.41. The van der Waals surface area contributed by atoms with Gasteiger partial charge in [-0.2, -0.15) is 0 Å². The minimum atomic E-state index is -3.28. The number of nitrogens with one attached hydrogen (secondary N) is 2. The van der Waals surface area contributed by atoms with E-state index in [-0.39, 0.29) is 5.75 Å². The van der Waals surface area contributed by atoms with Crippen molar-refractivity contribution in [3.05, 3.63) is 72.4 Å². The van der Waals surface area contributed by atoms with Gasteiger partial charge < -0.3 is 10.6 Å². The van der Waals surface area contributed by atoms with Crippen molar-refractivity contribution in [3.8, 4) is 0 Å². The average Bonchev–Trinajstić information content (AvgIpc) is 2.61. The number of carbonyl (C=O) groups is 1. The molecule has 0 saturated carbocycles. The van der Waals surface area contributed by atoms with Crippen LogP contribution >= 0.6 is 0 Å². The van der Waals surface area contributed by atoms with E-state index in [1.807, 2.05) is 30.3 Å². The van der Waals surface area contributed by atoms with E-state index in [1.165, 1.54) is 0 Å². The summed E-state index contributed by atoms with van der Waals surface area (Å²) in [5.74, 6) is -0.182. The molecule has 7 heteroatoms. The number of aromatic nitrogens is 1. The molecule has 0 radical (unpaired) electrons. The lowest BCUT2D eigenvalue weighted by Gasteiger charge is -2.19. The van der Waals surface area contributed by atoms with Crippen LogP contribution in [0.25, 0.3) is 10.9 Å². The van der Waals surface area contributed by atoms with E-state index in [0.717, 1.165) is 17.2 Å². The summed E-state index contributed by atoms with van der Waals surface area (Å²) in [7, 11) is -3.28. The average molecular weight is 369 g/mol. The molecular formula is C19H19N3O3S. The second-order valence-corrected chi connectivity index (χ2v) is 8.22. The molecule has 0 aliphatic rings. The number of rotatable bonds is 5. The molecule has 0 fully saturated rings. The molecule has 134 valence electrons. The van der Waals surface area contributed by atoms with Crippen molar-refractivity contribution in [2.24, 2.45) is 0 Å². The zero-order chi connectivity index (χ0) is 18.6. The molecule has 3 rings (SSSR count). The number of amides is 2. The monoisotopic (exact) mass is 369 g/mol. The lowest BCUT2D eigenvalue weighted by atomic mass is 10.1. The van der Waals surface area contributed by atoms with Crippen LogP contribution in [0.15, 0.2) is 66.9 Å². The third-order valence-electron chi connectivity index (χ3n) is 3.86. The summed E-state index contributed by atoms with van der Waals surface area (Å²) < 4.78 is 23.5. The molecule has 2 amide bonds. The summed E-state index contributed by atoms with van der Waals surface area (Å²) >= 11 is 0. The summed E-state index contributed by atoms with van der Waals surface area (Å²) in [4.78, 5) is 16.8. The maximum absolute atomic E-state index is 12.5. The van der Waals surface area contributed by atoms with Gasteiger partial charge >= 0.3 is 6.03 Å². The molecule has 0 saturated heterocycles. The molecule has 1 heterocycles. The maximum atomic E-state index is 12.5. The van der Waals surface area contributed by atoms with Crippen molar-refractivity contribution in [3.63, 3.8) is 0 Å². The van der Waals surface area contributed by atoms with Gasteiger partial charge in [-0.3, -0.25) is 4.98 Å². The Kier molecular flexibility index (Phi) is 5.18. The Morgan fingerprint density at radius 3 is 2.50 bits per heavy atom. The van der Waals surface area contributed by atoms with E-state index in [4.69, 9.17) is 0 Å². The predicted molar refractivity (Wildman–Crippen MR) is 103 cm³/mol. The van der Waals surface area contributed by atoms with Gasteiger partial charge in [-0.1, -0.05) is 48.5 Å². The number of carbonyl (C=O) groups excluding carboxylic acids is 1. The van der Waals surface area contributed by atoms with E-state index >= 15 is 0 Å². The van der Waals surface area contributed by atoms with Gasteiger partial charge in [0.15, 0.2) is 0 Å². The molecule has 1 aromatic heterocycles. The van der Waals surface area contributed by atoms with Gasteiger partial charge in [-0.05, 0) is 17.7 Å². The number of hydrogen-bond acceptors (Lipinski definition) is 4. The topological polar surface area (TPSA) is 88.2 Å². The highest BCUT2D eigenvalue weighted by Gasteiger charge is 2.20. The van der Waals surface area contributed by atoms with Crippen molar-refractivity contribution < 1.29 is 13.2 Å². The highest BCUT2D eigenvalue weighted by Crippen LogP contribution is 2.21. The summed E-state index contributed by atoms with van der Waals surface area (Å²) in [6, 6.07) is 17.1. The van der Waals surface area contributed by atoms with Gasteiger partial charge in [0.1, 0.15) is 9.84 Å². The molecular weight excluding hydrogens is 350 g/mol. The largest absolute Gasteiger partial charge is 0.330 e. The van der Waals surface area contributed by atoms with E-state index in [9.17, 15) is 13.2 Å². The van der Waals surface area contributed by atoms with Crippen LogP contribution in [0, 0.1) is 0 Å². The molecule has 2 N–H and O–H groups in total. The van der Waals surface area contributed by atoms with Crippen LogP contribution in [0.5, 0.6) is 0 Å². The van der Waals surface area contributed by atoms with Crippen LogP contribution < -0.4 is 10.6 Å². The molecule has 1 unspecified atom stereocenters. The van der Waals surface area contributed by atoms with Gasteiger partial charge in [-0.15, -0.1) is 0 Å². The lowest BCUT2D eigenvalue weighted by Crippen LogP contribution is -2.36. The van der Waals surface area contributed by atoms with Gasteiger partial charge in [0.25, 0.3) is 0 Å². The molecule has 26 heavy (non-hydrogen) atoms. The zero-order valence-electron chi connectivity index (χ0n) is 14.2. The van der Waals surface area contributed by atoms with Crippen molar-refractivity contribution in [2.75, 3.05) is 17.3 Å². The standard InChI is InChI=1S/C19H19N3O3S/c1-26(24,25)13-17(14-7-3-2-4-8-14)22-19(23)21-16-11-5-9-15-10-6-12-20-18(15)16/h2-12,17H,13H2,1H3,(H2,21,22,23). The predicted octanol–water partition coefficient (Wildman–Crippen LogP) is 3.14. The first-order valence-corrected chi connectivity index (χ1v) is 10.1. The van der Waals surface area contributed by atoms with Crippen molar-refractivity contribution >= 4 is 32.5 Å². The van der Waals surface area contributed by atoms with Gasteiger partial charge in [0.05, 0.1) is 23.0 Å². The molecule has 3 aromatic rings. The normalized spacial score (nSPS) is 12.5. The third kappa shape index (κ3) is 4.58. The smallest absolute Gasteiger partial charge is 0.319 e. The second-order valence-electron chi connectivity index (χ2n) is 6.03. The number of sulfone groups is 1. The number of benzene rings is 2. The molecule has 1 atom stereocenters. The number of fused-ring (bicyclic) bond motifs is 1. The maximum Gasteiger partial charge on any atom is 0.319 e. The Hall–Kier alpha value is -2.93. The second kappa shape index (κ2) is 7.53. The van der Waals surface area contributed by atoms with E-state index in [2.05, 4.69) is 15.6 Å². The first kappa shape index (κ1) is 17.9. The van der Waals surface area contributed by atoms with Crippen molar-refractivity contribution in [1.29, 1.82) is 0 Å². The Balaban J connectivity index is 1.81. The quantitative estimate of drug-likeness (QED) is 0.723. The number of nitrogens with zero attached hydrogens (tertiary/aromatic N) is 1. The number of urea groups is 1. The minimum Gasteiger partial charge on any atom is -0.330 e. The lowest BCUT2D eigenvalue weighted by molar-refractivity contribution is 0.249. The highest BCUT2D eigenvalue weighted by atomic mass is 32.2. The van der Waals surface area contributed by atoms with Crippen LogP contribution in [0.3, 0.4) is 0 Å². The molecule has 0 aliphatic heterocycles. The number of anilines is 1. The molecule has 2 aromatic carbocycles. The molecule has 0 spiro atoms. The van der Waals surface area contributed by atoms with E-state index in [1.54, 1.807) is 36.5 Å². The fraction of sp³-hybridized carbons (Fsp3) is 0.158. The Morgan fingerprint density at radius 2 is 1.77 bits per heavy atom. The number of para-hydroxylation sites is 1. The SMILES string of the molecule is CS(=O)(=O)CC(NC(=O)Nc1cccc2cccnc12)c1ccccc1. The van der Waals surface area contributed by atoms with Crippen molar-refractivity contribution in [2.45, 2.75) is 6.04 Å². The summed E-state index contributed by atoms with van der Waals surface area (Å²) in [6.07, 6.45) is 2.80. The van der Waals surface area contributed by atoms with Crippen LogP contribution in [0.2, 0.25) is 0 Å².